The molecule has 312 valence electrons. The summed E-state index contributed by atoms with van der Waals surface area (Å²) < 4.78 is 19.5. The standard InChI is InChI=1S/C42H53FN6O9/c1-23-8-7-9-28(16-23)18-31(45-35(51)19-27-11-13-29(43)14-12-27)37(52)46-36-26(4)58-42(57)34-17-24(2)21-48(34)39(54)25(3)44-38(53)32-10-5-6-15-47(32)40(55)33-20-30(50)22-49(33)41(36)56/h7-9,11-14,16,24-26,30-34,36,50H,5-6,10,15,17-22H2,1-4H3,(H,44,53)(H,45,51)(H,46,52)/t24-,25+,26+,30-,31+,32+,33+,34+,36+/m1/s1. The minimum absolute atomic E-state index is 0.00885. The minimum atomic E-state index is -1.61. The van der Waals surface area contributed by atoms with E-state index in [9.17, 15) is 43.1 Å². The highest BCUT2D eigenvalue weighted by atomic mass is 19.1. The molecule has 6 rings (SSSR count). The first-order valence-corrected chi connectivity index (χ1v) is 20.1. The van der Waals surface area contributed by atoms with Crippen molar-refractivity contribution < 1.29 is 47.8 Å². The van der Waals surface area contributed by atoms with E-state index in [-0.39, 0.29) is 51.2 Å². The number of hydrogen-bond acceptors (Lipinski definition) is 9. The Morgan fingerprint density at radius 3 is 2.33 bits per heavy atom. The molecule has 4 fully saturated rings. The van der Waals surface area contributed by atoms with Gasteiger partial charge in [-0.2, -0.15) is 0 Å². The maximum atomic E-state index is 14.8. The third-order valence-corrected chi connectivity index (χ3v) is 11.5. The average Bonchev–Trinajstić information content (AvgIpc) is 3.78. The number of nitrogens with one attached hydrogen (secondary N) is 3. The van der Waals surface area contributed by atoms with Crippen molar-refractivity contribution in [3.8, 4) is 0 Å². The van der Waals surface area contributed by atoms with Crippen LogP contribution in [-0.2, 0) is 51.1 Å². The Hall–Kier alpha value is -5.38. The summed E-state index contributed by atoms with van der Waals surface area (Å²) >= 11 is 0. The molecule has 4 N–H and O–H groups in total. The number of rotatable bonds is 7. The Bertz CT molecular complexity index is 1910. The van der Waals surface area contributed by atoms with Gasteiger partial charge in [-0.1, -0.05) is 48.9 Å². The molecular formula is C42H53FN6O9. The molecule has 0 aromatic heterocycles. The first-order valence-electron chi connectivity index (χ1n) is 20.1. The molecule has 0 unspecified atom stereocenters. The smallest absolute Gasteiger partial charge is 0.329 e. The summed E-state index contributed by atoms with van der Waals surface area (Å²) in [5.41, 5.74) is 2.11. The molecule has 0 bridgehead atoms. The van der Waals surface area contributed by atoms with E-state index in [4.69, 9.17) is 4.74 Å². The molecule has 9 atom stereocenters. The average molecular weight is 805 g/mol. The predicted octanol–water partition coefficient (Wildman–Crippen LogP) is 0.919. The molecule has 2 aromatic rings. The predicted molar refractivity (Wildman–Crippen MR) is 207 cm³/mol. The minimum Gasteiger partial charge on any atom is -0.458 e. The lowest BCUT2D eigenvalue weighted by Crippen LogP contribution is -2.63. The van der Waals surface area contributed by atoms with Crippen LogP contribution in [0, 0.1) is 18.7 Å². The molecule has 4 aliphatic heterocycles. The topological polar surface area (TPSA) is 195 Å². The molecule has 4 heterocycles. The van der Waals surface area contributed by atoms with Crippen LogP contribution in [0.3, 0.4) is 0 Å². The van der Waals surface area contributed by atoms with Crippen LogP contribution in [-0.4, -0.2) is 129 Å². The van der Waals surface area contributed by atoms with Crippen LogP contribution >= 0.6 is 0 Å². The first kappa shape index (κ1) is 42.2. The molecular weight excluding hydrogens is 751 g/mol. The number of nitrogens with zero attached hydrogens (tertiary/aromatic N) is 3. The summed E-state index contributed by atoms with van der Waals surface area (Å²) in [5, 5.41) is 19.1. The molecule has 0 radical (unpaired) electrons. The number of halogens is 1. The SMILES string of the molecule is Cc1cccc(C[C@H](NC(=O)Cc2ccc(F)cc2)C(=O)N[C@@H]2C(=O)N3C[C@H](O)C[C@H]3C(=O)N3CCCC[C@H]3C(=O)N[C@@H](C)C(=O)N3C[C@H](C)C[C@H]3C(=O)O[C@H]2C)c1. The molecule has 4 aliphatic rings. The number of esters is 1. The van der Waals surface area contributed by atoms with E-state index >= 15 is 0 Å². The van der Waals surface area contributed by atoms with Gasteiger partial charge in [-0.05, 0) is 75.6 Å². The van der Waals surface area contributed by atoms with Crippen LogP contribution in [0.5, 0.6) is 0 Å². The van der Waals surface area contributed by atoms with Gasteiger partial charge in [-0.15, -0.1) is 0 Å². The van der Waals surface area contributed by atoms with Gasteiger partial charge in [-0.25, -0.2) is 9.18 Å². The second-order valence-electron chi connectivity index (χ2n) is 16.3. The van der Waals surface area contributed by atoms with Crippen molar-refractivity contribution in [2.24, 2.45) is 5.92 Å². The molecule has 0 saturated carbocycles. The Morgan fingerprint density at radius 1 is 0.879 bits per heavy atom. The molecule has 15 nitrogen and oxygen atoms in total. The Balaban J connectivity index is 1.34. The van der Waals surface area contributed by atoms with Crippen LogP contribution < -0.4 is 16.0 Å². The van der Waals surface area contributed by atoms with Crippen LogP contribution in [0.25, 0.3) is 0 Å². The lowest BCUT2D eigenvalue weighted by molar-refractivity contribution is -0.163. The van der Waals surface area contributed by atoms with Crippen molar-refractivity contribution in [3.05, 3.63) is 71.0 Å². The zero-order chi connectivity index (χ0) is 41.8. The van der Waals surface area contributed by atoms with Crippen molar-refractivity contribution in [2.45, 2.75) is 121 Å². The number of benzene rings is 2. The fourth-order valence-corrected chi connectivity index (χ4v) is 8.54. The van der Waals surface area contributed by atoms with Gasteiger partial charge in [0.05, 0.1) is 12.5 Å². The molecule has 2 aromatic carbocycles. The summed E-state index contributed by atoms with van der Waals surface area (Å²) in [6.07, 6.45) is -0.945. The van der Waals surface area contributed by atoms with Crippen molar-refractivity contribution in [3.63, 3.8) is 0 Å². The van der Waals surface area contributed by atoms with E-state index in [1.807, 2.05) is 26.0 Å². The number of fused-ring (bicyclic) bond motifs is 3. The number of hydrogen-bond donors (Lipinski definition) is 4. The third-order valence-electron chi connectivity index (χ3n) is 11.5. The van der Waals surface area contributed by atoms with Crippen molar-refractivity contribution in [1.29, 1.82) is 0 Å². The quantitative estimate of drug-likeness (QED) is 0.295. The summed E-state index contributed by atoms with van der Waals surface area (Å²) in [6.45, 7) is 6.85. The van der Waals surface area contributed by atoms with Gasteiger partial charge in [0.15, 0.2) is 0 Å². The molecule has 4 saturated heterocycles. The lowest BCUT2D eigenvalue weighted by atomic mass is 9.98. The zero-order valence-corrected chi connectivity index (χ0v) is 33.3. The normalized spacial score (nSPS) is 28.9. The van der Waals surface area contributed by atoms with E-state index in [1.54, 1.807) is 12.1 Å². The van der Waals surface area contributed by atoms with Gasteiger partial charge in [0.2, 0.25) is 35.4 Å². The van der Waals surface area contributed by atoms with Crippen LogP contribution in [0.1, 0.15) is 69.6 Å². The van der Waals surface area contributed by atoms with Crippen LogP contribution in [0.2, 0.25) is 0 Å². The lowest BCUT2D eigenvalue weighted by Gasteiger charge is -2.39. The van der Waals surface area contributed by atoms with Crippen LogP contribution in [0.4, 0.5) is 4.39 Å². The fourth-order valence-electron chi connectivity index (χ4n) is 8.54. The zero-order valence-electron chi connectivity index (χ0n) is 33.3. The number of aliphatic hydroxyl groups is 1. The van der Waals surface area contributed by atoms with Crippen LogP contribution in [0.15, 0.2) is 48.5 Å². The number of carbonyl (C=O) groups excluding carboxylic acids is 7. The fraction of sp³-hybridized carbons (Fsp3) is 0.548. The van der Waals surface area contributed by atoms with Gasteiger partial charge in [-0.3, -0.25) is 28.8 Å². The highest BCUT2D eigenvalue weighted by Crippen LogP contribution is 2.29. The Kier molecular flexibility index (Phi) is 13.1. The van der Waals surface area contributed by atoms with Gasteiger partial charge in [0.25, 0.3) is 0 Å². The maximum absolute atomic E-state index is 14.8. The van der Waals surface area contributed by atoms with Crippen molar-refractivity contribution in [1.82, 2.24) is 30.7 Å². The van der Waals surface area contributed by atoms with E-state index < -0.39 is 95.7 Å². The molecule has 58 heavy (non-hydrogen) atoms. The number of ether oxygens (including phenoxy) is 1. The third kappa shape index (κ3) is 9.65. The van der Waals surface area contributed by atoms with Gasteiger partial charge in [0, 0.05) is 32.5 Å². The summed E-state index contributed by atoms with van der Waals surface area (Å²) in [5.74, 6) is -5.16. The summed E-state index contributed by atoms with van der Waals surface area (Å²) in [6, 6.07) is 5.59. The Labute approximate surface area is 337 Å². The van der Waals surface area contributed by atoms with Crippen molar-refractivity contribution >= 4 is 41.4 Å². The number of cyclic esters (lactones) is 1. The highest BCUT2D eigenvalue weighted by molar-refractivity contribution is 5.98. The molecule has 0 aliphatic carbocycles. The van der Waals surface area contributed by atoms with Gasteiger partial charge < -0.3 is 40.5 Å². The van der Waals surface area contributed by atoms with E-state index in [0.717, 1.165) is 10.5 Å². The van der Waals surface area contributed by atoms with Gasteiger partial charge in [0.1, 0.15) is 48.2 Å². The van der Waals surface area contributed by atoms with E-state index in [2.05, 4.69) is 16.0 Å². The Morgan fingerprint density at radius 2 is 1.60 bits per heavy atom. The molecule has 16 heteroatoms. The van der Waals surface area contributed by atoms with Gasteiger partial charge >= 0.3 is 5.97 Å². The highest BCUT2D eigenvalue weighted by Gasteiger charge is 2.49. The number of aliphatic hydroxyl groups excluding tert-OH is 1. The number of amides is 6. The van der Waals surface area contributed by atoms with Crippen molar-refractivity contribution in [2.75, 3.05) is 19.6 Å². The van der Waals surface area contributed by atoms with E-state index in [0.29, 0.717) is 30.4 Å². The summed E-state index contributed by atoms with van der Waals surface area (Å²) in [4.78, 5) is 102. The van der Waals surface area contributed by atoms with E-state index in [1.165, 1.54) is 47.9 Å². The second kappa shape index (κ2) is 18.0. The number of piperidine rings is 1. The first-order chi connectivity index (χ1) is 27.6. The molecule has 6 amide bonds. The number of aryl methyl sites for hydroxylation is 1. The molecule has 0 spiro atoms. The number of carbonyl (C=O) groups is 7. The maximum Gasteiger partial charge on any atom is 0.329 e. The second-order valence-corrected chi connectivity index (χ2v) is 16.3. The monoisotopic (exact) mass is 804 g/mol. The summed E-state index contributed by atoms with van der Waals surface area (Å²) in [7, 11) is 0. The largest absolute Gasteiger partial charge is 0.458 e.